The highest BCUT2D eigenvalue weighted by molar-refractivity contribution is 7.17. The molecule has 0 bridgehead atoms. The molecule has 13 heteroatoms. The van der Waals surface area contributed by atoms with Crippen molar-refractivity contribution in [1.82, 2.24) is 20.2 Å². The molecule has 0 aliphatic carbocycles. The predicted molar refractivity (Wildman–Crippen MR) is 130 cm³/mol. The summed E-state index contributed by atoms with van der Waals surface area (Å²) >= 11 is 7.16. The normalized spacial score (nSPS) is 11.8. The first-order valence-corrected chi connectivity index (χ1v) is 11.9. The first-order chi connectivity index (χ1) is 17.0. The van der Waals surface area contributed by atoms with Gasteiger partial charge in [-0.15, -0.1) is 5.10 Å². The zero-order valence-electron chi connectivity index (χ0n) is 19.5. The van der Waals surface area contributed by atoms with E-state index < -0.39 is 12.0 Å². The van der Waals surface area contributed by atoms with E-state index in [1.165, 1.54) is 19.5 Å². The molecule has 3 aromatic rings. The number of nitrogens with one attached hydrogen (secondary N) is 1. The van der Waals surface area contributed by atoms with Gasteiger partial charge in [-0.2, -0.15) is 0 Å². The number of carbonyl (C=O) groups is 1. The van der Waals surface area contributed by atoms with Gasteiger partial charge in [0.05, 0.1) is 37.8 Å². The van der Waals surface area contributed by atoms with Crippen molar-refractivity contribution in [2.24, 2.45) is 0 Å². The van der Waals surface area contributed by atoms with Crippen LogP contribution in [0.25, 0.3) is 11.1 Å². The second-order valence-corrected chi connectivity index (χ2v) is 8.50. The summed E-state index contributed by atoms with van der Waals surface area (Å²) in [5, 5.41) is 20.7. The third kappa shape index (κ3) is 7.29. The van der Waals surface area contributed by atoms with Gasteiger partial charge in [-0.1, -0.05) is 23.6 Å². The van der Waals surface area contributed by atoms with Gasteiger partial charge >= 0.3 is 0 Å². The van der Waals surface area contributed by atoms with E-state index in [0.717, 1.165) is 17.8 Å². The van der Waals surface area contributed by atoms with Crippen LogP contribution >= 0.6 is 22.9 Å². The lowest BCUT2D eigenvalue weighted by molar-refractivity contribution is -0.0133. The number of aliphatic hydroxyl groups excluding tert-OH is 1. The van der Waals surface area contributed by atoms with Crippen LogP contribution in [0.15, 0.2) is 24.5 Å². The highest BCUT2D eigenvalue weighted by Crippen LogP contribution is 2.34. The minimum atomic E-state index is -0.474. The Morgan fingerprint density at radius 1 is 1.20 bits per heavy atom. The molecule has 0 aliphatic heterocycles. The second kappa shape index (κ2) is 13.3. The summed E-state index contributed by atoms with van der Waals surface area (Å²) in [4.78, 5) is 21.5. The molecule has 35 heavy (non-hydrogen) atoms. The van der Waals surface area contributed by atoms with Crippen molar-refractivity contribution in [3.05, 3.63) is 40.9 Å². The number of aromatic nitrogens is 4. The van der Waals surface area contributed by atoms with Crippen LogP contribution in [-0.2, 0) is 16.1 Å². The van der Waals surface area contributed by atoms with Gasteiger partial charge in [-0.3, -0.25) is 15.1 Å². The number of carbonyl (C=O) groups excluding carboxylic acids is 1. The average molecular weight is 524 g/mol. The molecule has 0 aliphatic rings. The summed E-state index contributed by atoms with van der Waals surface area (Å²) in [6.45, 7) is 2.67. The zero-order valence-corrected chi connectivity index (χ0v) is 21.1. The fourth-order valence-electron chi connectivity index (χ4n) is 3.01. The van der Waals surface area contributed by atoms with Crippen LogP contribution in [0.2, 0.25) is 5.15 Å². The van der Waals surface area contributed by atoms with Gasteiger partial charge in [-0.05, 0) is 29.9 Å². The molecule has 2 N–H and O–H groups in total. The van der Waals surface area contributed by atoms with Crippen molar-refractivity contribution < 1.29 is 28.8 Å². The Morgan fingerprint density at radius 2 is 2.03 bits per heavy atom. The lowest BCUT2D eigenvalue weighted by Crippen LogP contribution is -2.26. The number of ether oxygens (including phenoxy) is 4. The van der Waals surface area contributed by atoms with Crippen molar-refractivity contribution in [3.8, 4) is 22.1 Å². The minimum absolute atomic E-state index is 0.108. The van der Waals surface area contributed by atoms with Gasteiger partial charge in [0.15, 0.2) is 0 Å². The Bertz CT molecular complexity index is 1130. The SMILES string of the molecule is CCCO[C@@H](CO)COc1nnc(NC(=O)c2cnc(COC)cc2-c2cc(Cl)ncc2OC)s1. The molecule has 188 valence electrons. The quantitative estimate of drug-likeness (QED) is 0.321. The number of rotatable bonds is 13. The van der Waals surface area contributed by atoms with E-state index in [9.17, 15) is 9.90 Å². The second-order valence-electron chi connectivity index (χ2n) is 7.18. The molecule has 1 amide bonds. The largest absolute Gasteiger partial charge is 0.494 e. The van der Waals surface area contributed by atoms with E-state index in [-0.39, 0.29) is 40.9 Å². The molecular formula is C22H26ClN5O6S. The van der Waals surface area contributed by atoms with Gasteiger partial charge in [0.2, 0.25) is 5.13 Å². The van der Waals surface area contributed by atoms with Crippen molar-refractivity contribution >= 4 is 34.0 Å². The Morgan fingerprint density at radius 3 is 2.74 bits per heavy atom. The first kappa shape index (κ1) is 26.7. The lowest BCUT2D eigenvalue weighted by atomic mass is 10.00. The number of anilines is 1. The van der Waals surface area contributed by atoms with E-state index in [0.29, 0.717) is 29.2 Å². The summed E-state index contributed by atoms with van der Waals surface area (Å²) in [6.07, 6.45) is 3.28. The molecule has 11 nitrogen and oxygen atoms in total. The average Bonchev–Trinajstić information content (AvgIpc) is 3.31. The molecule has 3 heterocycles. The molecule has 3 aromatic heterocycles. The molecule has 0 aromatic carbocycles. The predicted octanol–water partition coefficient (Wildman–Crippen LogP) is 3.22. The first-order valence-electron chi connectivity index (χ1n) is 10.7. The molecule has 0 saturated carbocycles. The van der Waals surface area contributed by atoms with E-state index >= 15 is 0 Å². The number of aliphatic hydroxyl groups is 1. The Labute approximate surface area is 211 Å². The van der Waals surface area contributed by atoms with Crippen molar-refractivity contribution in [2.45, 2.75) is 26.1 Å². The summed E-state index contributed by atoms with van der Waals surface area (Å²) in [5.74, 6) is -0.0259. The third-order valence-corrected chi connectivity index (χ3v) is 5.58. The van der Waals surface area contributed by atoms with Crippen molar-refractivity contribution in [3.63, 3.8) is 0 Å². The fraction of sp³-hybridized carbons (Fsp3) is 0.409. The van der Waals surface area contributed by atoms with Gasteiger partial charge < -0.3 is 24.1 Å². The van der Waals surface area contributed by atoms with E-state index in [1.807, 2.05) is 6.92 Å². The highest BCUT2D eigenvalue weighted by Gasteiger charge is 2.20. The van der Waals surface area contributed by atoms with Crippen LogP contribution in [0.1, 0.15) is 29.4 Å². The Balaban J connectivity index is 1.81. The molecule has 0 spiro atoms. The minimum Gasteiger partial charge on any atom is -0.494 e. The van der Waals surface area contributed by atoms with Gasteiger partial charge in [0.1, 0.15) is 23.6 Å². The maximum atomic E-state index is 13.2. The smallest absolute Gasteiger partial charge is 0.295 e. The van der Waals surface area contributed by atoms with Crippen LogP contribution in [-0.4, -0.2) is 71.3 Å². The number of pyridine rings is 2. The summed E-state index contributed by atoms with van der Waals surface area (Å²) < 4.78 is 21.6. The van der Waals surface area contributed by atoms with Gasteiger partial charge in [0, 0.05) is 31.0 Å². The molecule has 0 unspecified atom stereocenters. The van der Waals surface area contributed by atoms with Crippen LogP contribution in [0, 0.1) is 0 Å². The number of amides is 1. The molecule has 0 radical (unpaired) electrons. The Kier molecular flexibility index (Phi) is 10.1. The molecule has 0 saturated heterocycles. The van der Waals surface area contributed by atoms with Crippen molar-refractivity contribution in [1.29, 1.82) is 0 Å². The van der Waals surface area contributed by atoms with Crippen LogP contribution < -0.4 is 14.8 Å². The lowest BCUT2D eigenvalue weighted by Gasteiger charge is -2.14. The van der Waals surface area contributed by atoms with Gasteiger partial charge in [-0.25, -0.2) is 4.98 Å². The number of nitrogens with zero attached hydrogens (tertiary/aromatic N) is 4. The van der Waals surface area contributed by atoms with E-state index in [4.69, 9.17) is 30.5 Å². The number of hydrogen-bond acceptors (Lipinski definition) is 11. The maximum Gasteiger partial charge on any atom is 0.295 e. The van der Waals surface area contributed by atoms with Crippen molar-refractivity contribution in [2.75, 3.05) is 39.4 Å². The number of halogens is 1. The Hall–Kier alpha value is -2.90. The summed E-state index contributed by atoms with van der Waals surface area (Å²) in [7, 11) is 3.06. The van der Waals surface area contributed by atoms with Crippen LogP contribution in [0.3, 0.4) is 0 Å². The zero-order chi connectivity index (χ0) is 25.2. The summed E-state index contributed by atoms with van der Waals surface area (Å²) in [6, 6.07) is 3.34. The van der Waals surface area contributed by atoms with E-state index in [1.54, 1.807) is 19.2 Å². The fourth-order valence-corrected chi connectivity index (χ4v) is 3.76. The van der Waals surface area contributed by atoms with Crippen LogP contribution in [0.5, 0.6) is 10.9 Å². The molecular weight excluding hydrogens is 498 g/mol. The molecule has 0 fully saturated rings. The van der Waals surface area contributed by atoms with Crippen LogP contribution in [0.4, 0.5) is 5.13 Å². The van der Waals surface area contributed by atoms with E-state index in [2.05, 4.69) is 25.5 Å². The monoisotopic (exact) mass is 523 g/mol. The standard InChI is InChI=1S/C22H26ClN5O6S/c1-4-5-33-14(10-29)12-34-22-28-27-21(35-22)26-20(30)17-8-24-13(11-31-2)6-15(17)16-7-19(23)25-9-18(16)32-3/h6-9,14,29H,4-5,10-12H2,1-3H3,(H,26,27,30)/t14-/m0/s1. The number of methoxy groups -OCH3 is 2. The topological polar surface area (TPSA) is 138 Å². The number of hydrogen-bond donors (Lipinski definition) is 2. The molecule has 3 rings (SSSR count). The third-order valence-electron chi connectivity index (χ3n) is 4.62. The maximum absolute atomic E-state index is 13.2. The van der Waals surface area contributed by atoms with Gasteiger partial charge in [0.25, 0.3) is 11.1 Å². The highest BCUT2D eigenvalue weighted by atomic mass is 35.5. The molecule has 1 atom stereocenters. The summed E-state index contributed by atoms with van der Waals surface area (Å²) in [5.41, 5.74) is 1.98.